The second kappa shape index (κ2) is 6.61. The zero-order valence-corrected chi connectivity index (χ0v) is 12.6. The Kier molecular flexibility index (Phi) is 4.83. The van der Waals surface area contributed by atoms with Gasteiger partial charge in [-0.05, 0) is 30.4 Å². The standard InChI is InChI=1S/C16H23N3O2/c1-11-5-3-8-14(11)16(20)19(2)10-12-6-4-7-13(9-12)15(17)18-21/h4,6-7,9,11,14,21H,3,5,8,10H2,1-2H3,(H2,17,18). The molecule has 1 amide bonds. The Morgan fingerprint density at radius 3 is 2.86 bits per heavy atom. The summed E-state index contributed by atoms with van der Waals surface area (Å²) < 4.78 is 0. The van der Waals surface area contributed by atoms with Crippen molar-refractivity contribution in [3.63, 3.8) is 0 Å². The lowest BCUT2D eigenvalue weighted by atomic mass is 9.96. The number of nitrogens with zero attached hydrogens (tertiary/aromatic N) is 2. The molecular weight excluding hydrogens is 266 g/mol. The van der Waals surface area contributed by atoms with E-state index in [0.29, 0.717) is 18.0 Å². The number of rotatable bonds is 4. The summed E-state index contributed by atoms with van der Waals surface area (Å²) in [7, 11) is 1.84. The predicted octanol–water partition coefficient (Wildman–Crippen LogP) is 2.18. The van der Waals surface area contributed by atoms with Gasteiger partial charge in [-0.2, -0.15) is 0 Å². The Hall–Kier alpha value is -2.04. The molecule has 0 aromatic heterocycles. The number of hydrogen-bond acceptors (Lipinski definition) is 3. The first-order valence-corrected chi connectivity index (χ1v) is 7.34. The van der Waals surface area contributed by atoms with Gasteiger partial charge in [-0.1, -0.05) is 36.7 Å². The molecule has 0 saturated heterocycles. The third-order valence-corrected chi connectivity index (χ3v) is 4.31. The van der Waals surface area contributed by atoms with Crippen LogP contribution in [0.2, 0.25) is 0 Å². The predicted molar refractivity (Wildman–Crippen MR) is 81.9 cm³/mol. The van der Waals surface area contributed by atoms with Gasteiger partial charge in [0, 0.05) is 25.1 Å². The van der Waals surface area contributed by atoms with Crippen LogP contribution in [0.4, 0.5) is 0 Å². The summed E-state index contributed by atoms with van der Waals surface area (Å²) in [6, 6.07) is 7.41. The van der Waals surface area contributed by atoms with E-state index in [4.69, 9.17) is 10.9 Å². The van der Waals surface area contributed by atoms with E-state index in [9.17, 15) is 4.79 Å². The molecule has 1 aliphatic carbocycles. The summed E-state index contributed by atoms with van der Waals surface area (Å²) >= 11 is 0. The van der Waals surface area contributed by atoms with Crippen molar-refractivity contribution in [2.24, 2.45) is 22.7 Å². The van der Waals surface area contributed by atoms with Crippen molar-refractivity contribution >= 4 is 11.7 Å². The van der Waals surface area contributed by atoms with E-state index in [1.165, 1.54) is 0 Å². The fourth-order valence-corrected chi connectivity index (χ4v) is 3.03. The maximum absolute atomic E-state index is 12.5. The van der Waals surface area contributed by atoms with Crippen molar-refractivity contribution in [1.29, 1.82) is 0 Å². The molecule has 0 radical (unpaired) electrons. The molecule has 1 fully saturated rings. The van der Waals surface area contributed by atoms with Crippen LogP contribution in [-0.2, 0) is 11.3 Å². The lowest BCUT2D eigenvalue weighted by Gasteiger charge is -2.23. The normalized spacial score (nSPS) is 22.3. The second-order valence-electron chi connectivity index (χ2n) is 5.89. The SMILES string of the molecule is CC1CCCC1C(=O)N(C)Cc1cccc(/C(N)=N/O)c1. The van der Waals surface area contributed by atoms with Gasteiger partial charge in [0.2, 0.25) is 5.91 Å². The van der Waals surface area contributed by atoms with Crippen molar-refractivity contribution in [2.45, 2.75) is 32.7 Å². The topological polar surface area (TPSA) is 78.9 Å². The number of benzene rings is 1. The van der Waals surface area contributed by atoms with Crippen molar-refractivity contribution in [3.8, 4) is 0 Å². The molecule has 0 heterocycles. The van der Waals surface area contributed by atoms with Crippen molar-refractivity contribution in [3.05, 3.63) is 35.4 Å². The van der Waals surface area contributed by atoms with E-state index in [1.54, 1.807) is 11.0 Å². The van der Waals surface area contributed by atoms with E-state index in [-0.39, 0.29) is 17.7 Å². The highest BCUT2D eigenvalue weighted by Crippen LogP contribution is 2.32. The van der Waals surface area contributed by atoms with E-state index in [0.717, 1.165) is 24.8 Å². The van der Waals surface area contributed by atoms with Gasteiger partial charge < -0.3 is 15.8 Å². The summed E-state index contributed by atoms with van der Waals surface area (Å²) in [6.45, 7) is 2.69. The maximum Gasteiger partial charge on any atom is 0.225 e. The van der Waals surface area contributed by atoms with Crippen LogP contribution >= 0.6 is 0 Å². The average molecular weight is 289 g/mol. The zero-order chi connectivity index (χ0) is 15.4. The maximum atomic E-state index is 12.5. The van der Waals surface area contributed by atoms with Crippen LogP contribution in [0, 0.1) is 11.8 Å². The number of oxime groups is 1. The van der Waals surface area contributed by atoms with Crippen LogP contribution in [0.5, 0.6) is 0 Å². The molecule has 114 valence electrons. The third kappa shape index (κ3) is 3.54. The number of hydrogen-bond donors (Lipinski definition) is 2. The molecule has 5 nitrogen and oxygen atoms in total. The molecule has 2 rings (SSSR count). The molecule has 1 aromatic rings. The van der Waals surface area contributed by atoms with Crippen LogP contribution in [0.1, 0.15) is 37.3 Å². The number of carbonyl (C=O) groups excluding carboxylic acids is 1. The average Bonchev–Trinajstić information content (AvgIpc) is 2.92. The highest BCUT2D eigenvalue weighted by molar-refractivity contribution is 5.97. The van der Waals surface area contributed by atoms with Crippen LogP contribution in [0.25, 0.3) is 0 Å². The van der Waals surface area contributed by atoms with Crippen molar-refractivity contribution in [1.82, 2.24) is 4.90 Å². The number of carbonyl (C=O) groups is 1. The summed E-state index contributed by atoms with van der Waals surface area (Å²) in [6.07, 6.45) is 3.28. The van der Waals surface area contributed by atoms with E-state index in [1.807, 2.05) is 25.2 Å². The lowest BCUT2D eigenvalue weighted by molar-refractivity contribution is -0.135. The summed E-state index contributed by atoms with van der Waals surface area (Å²) in [4.78, 5) is 14.2. The molecule has 0 spiro atoms. The Bertz CT molecular complexity index is 542. The number of nitrogens with two attached hydrogens (primary N) is 1. The number of amidine groups is 1. The molecule has 21 heavy (non-hydrogen) atoms. The Labute approximate surface area is 125 Å². The smallest absolute Gasteiger partial charge is 0.225 e. The van der Waals surface area contributed by atoms with Crippen molar-refractivity contribution < 1.29 is 10.0 Å². The van der Waals surface area contributed by atoms with Crippen LogP contribution in [0.15, 0.2) is 29.4 Å². The molecular formula is C16H23N3O2. The first-order valence-electron chi connectivity index (χ1n) is 7.34. The molecule has 0 bridgehead atoms. The van der Waals surface area contributed by atoms with Crippen molar-refractivity contribution in [2.75, 3.05) is 7.05 Å². The monoisotopic (exact) mass is 289 g/mol. The second-order valence-corrected chi connectivity index (χ2v) is 5.89. The summed E-state index contributed by atoms with van der Waals surface area (Å²) in [5, 5.41) is 11.7. The van der Waals surface area contributed by atoms with Crippen LogP contribution in [-0.4, -0.2) is 28.9 Å². The van der Waals surface area contributed by atoms with Gasteiger partial charge in [-0.25, -0.2) is 0 Å². The minimum atomic E-state index is 0.0789. The molecule has 1 aromatic carbocycles. The molecule has 1 aliphatic rings. The molecule has 1 saturated carbocycles. The number of amides is 1. The quantitative estimate of drug-likeness (QED) is 0.386. The summed E-state index contributed by atoms with van der Waals surface area (Å²) in [5.41, 5.74) is 7.22. The van der Waals surface area contributed by atoms with Gasteiger partial charge in [-0.15, -0.1) is 0 Å². The van der Waals surface area contributed by atoms with Gasteiger partial charge in [0.05, 0.1) is 0 Å². The van der Waals surface area contributed by atoms with E-state index < -0.39 is 0 Å². The molecule has 2 atom stereocenters. The zero-order valence-electron chi connectivity index (χ0n) is 12.6. The molecule has 0 aliphatic heterocycles. The fraction of sp³-hybridized carbons (Fsp3) is 0.500. The molecule has 3 N–H and O–H groups in total. The minimum Gasteiger partial charge on any atom is -0.409 e. The molecule has 5 heteroatoms. The largest absolute Gasteiger partial charge is 0.409 e. The van der Waals surface area contributed by atoms with Crippen LogP contribution in [0.3, 0.4) is 0 Å². The van der Waals surface area contributed by atoms with Gasteiger partial charge in [-0.3, -0.25) is 4.79 Å². The molecule has 2 unspecified atom stereocenters. The Morgan fingerprint density at radius 1 is 1.48 bits per heavy atom. The van der Waals surface area contributed by atoms with Gasteiger partial charge >= 0.3 is 0 Å². The third-order valence-electron chi connectivity index (χ3n) is 4.31. The van der Waals surface area contributed by atoms with Crippen LogP contribution < -0.4 is 5.73 Å². The minimum absolute atomic E-state index is 0.0789. The first kappa shape index (κ1) is 15.4. The highest BCUT2D eigenvalue weighted by atomic mass is 16.4. The first-order chi connectivity index (χ1) is 10.0. The Balaban J connectivity index is 2.05. The van der Waals surface area contributed by atoms with E-state index in [2.05, 4.69) is 12.1 Å². The summed E-state index contributed by atoms with van der Waals surface area (Å²) in [5.74, 6) is 0.926. The van der Waals surface area contributed by atoms with Gasteiger partial charge in [0.25, 0.3) is 0 Å². The Morgan fingerprint density at radius 2 is 2.24 bits per heavy atom. The van der Waals surface area contributed by atoms with Gasteiger partial charge in [0.1, 0.15) is 0 Å². The fourth-order valence-electron chi connectivity index (χ4n) is 3.03. The van der Waals surface area contributed by atoms with E-state index >= 15 is 0 Å². The highest BCUT2D eigenvalue weighted by Gasteiger charge is 2.31. The van der Waals surface area contributed by atoms with Gasteiger partial charge in [0.15, 0.2) is 5.84 Å². The lowest BCUT2D eigenvalue weighted by Crippen LogP contribution is -2.33.